The first kappa shape index (κ1) is 15.0. The first-order chi connectivity index (χ1) is 9.52. The molecule has 0 aromatic heterocycles. The predicted molar refractivity (Wildman–Crippen MR) is 85.9 cm³/mol. The van der Waals surface area contributed by atoms with Crippen molar-refractivity contribution in [3.8, 4) is 11.5 Å². The van der Waals surface area contributed by atoms with E-state index in [1.807, 2.05) is 25.1 Å². The monoisotopic (exact) mass is 355 g/mol. The second kappa shape index (κ2) is 6.37. The number of ether oxygens (including phenoxy) is 1. The van der Waals surface area contributed by atoms with Gasteiger partial charge in [-0.05, 0) is 40.5 Å². The number of phenolic OH excluding ortho intramolecular Hbond substituents is 1. The van der Waals surface area contributed by atoms with Crippen LogP contribution in [0.5, 0.6) is 11.5 Å². The molecule has 2 aromatic carbocycles. The Kier molecular flexibility index (Phi) is 4.78. The fourth-order valence-corrected chi connectivity index (χ4v) is 2.92. The van der Waals surface area contributed by atoms with Crippen LogP contribution in [0.1, 0.15) is 11.1 Å². The fraction of sp³-hybridized carbons (Fsp3) is 0.200. The van der Waals surface area contributed by atoms with Gasteiger partial charge in [-0.2, -0.15) is 0 Å². The second-order valence-corrected chi connectivity index (χ2v) is 5.70. The highest BCUT2D eigenvalue weighted by molar-refractivity contribution is 9.10. The number of hydrogen-bond acceptors (Lipinski definition) is 3. The molecule has 20 heavy (non-hydrogen) atoms. The zero-order valence-corrected chi connectivity index (χ0v) is 13.5. The summed E-state index contributed by atoms with van der Waals surface area (Å²) in [6, 6.07) is 9.22. The molecule has 0 saturated heterocycles. The average molecular weight is 357 g/mol. The molecule has 0 unspecified atom stereocenters. The molecule has 0 aliphatic rings. The van der Waals surface area contributed by atoms with E-state index >= 15 is 0 Å². The molecule has 0 fully saturated rings. The lowest BCUT2D eigenvalue weighted by molar-refractivity contribution is 0.413. The van der Waals surface area contributed by atoms with Crippen LogP contribution in [0.15, 0.2) is 34.8 Å². The molecule has 3 nitrogen and oxygen atoms in total. The zero-order valence-electron chi connectivity index (χ0n) is 11.2. The van der Waals surface area contributed by atoms with Crippen molar-refractivity contribution in [1.82, 2.24) is 0 Å². The molecular formula is C15H15BrClNO2. The number of rotatable bonds is 4. The largest absolute Gasteiger partial charge is 0.507 e. The molecule has 0 amide bonds. The predicted octanol–water partition coefficient (Wildman–Crippen LogP) is 4.74. The Labute approximate surface area is 131 Å². The average Bonchev–Trinajstić information content (AvgIpc) is 2.40. The Morgan fingerprint density at radius 3 is 2.80 bits per heavy atom. The van der Waals surface area contributed by atoms with Crippen LogP contribution in [0.4, 0.5) is 5.69 Å². The Bertz CT molecular complexity index is 632. The van der Waals surface area contributed by atoms with Crippen LogP contribution < -0.4 is 10.1 Å². The standard InChI is InChI=1S/C15H15BrClNO2/c1-9-4-3-5-10(14(9)19)8-18-13-7-11(17)6-12(16)15(13)20-2/h3-7,18-19H,8H2,1-2H3. The Balaban J connectivity index is 2.25. The molecule has 2 rings (SSSR count). The first-order valence-corrected chi connectivity index (χ1v) is 7.24. The summed E-state index contributed by atoms with van der Waals surface area (Å²) < 4.78 is 6.12. The second-order valence-electron chi connectivity index (χ2n) is 4.40. The van der Waals surface area contributed by atoms with E-state index in [4.69, 9.17) is 16.3 Å². The topological polar surface area (TPSA) is 41.5 Å². The van der Waals surface area contributed by atoms with Crippen molar-refractivity contribution in [3.05, 3.63) is 51.0 Å². The van der Waals surface area contributed by atoms with Crippen molar-refractivity contribution >= 4 is 33.2 Å². The number of aryl methyl sites for hydroxylation is 1. The van der Waals surface area contributed by atoms with Crippen LogP contribution in [-0.2, 0) is 6.54 Å². The number of nitrogens with one attached hydrogen (secondary N) is 1. The maximum Gasteiger partial charge on any atom is 0.156 e. The van der Waals surface area contributed by atoms with Gasteiger partial charge in [0.2, 0.25) is 0 Å². The van der Waals surface area contributed by atoms with Gasteiger partial charge >= 0.3 is 0 Å². The normalized spacial score (nSPS) is 10.4. The van der Waals surface area contributed by atoms with Crippen molar-refractivity contribution in [2.24, 2.45) is 0 Å². The highest BCUT2D eigenvalue weighted by Gasteiger charge is 2.10. The minimum absolute atomic E-state index is 0.306. The summed E-state index contributed by atoms with van der Waals surface area (Å²) >= 11 is 9.45. The first-order valence-electron chi connectivity index (χ1n) is 6.07. The van der Waals surface area contributed by atoms with Crippen molar-refractivity contribution in [2.45, 2.75) is 13.5 Å². The third-order valence-electron chi connectivity index (χ3n) is 3.00. The van der Waals surface area contributed by atoms with E-state index in [0.717, 1.165) is 21.3 Å². The zero-order chi connectivity index (χ0) is 14.7. The lowest BCUT2D eigenvalue weighted by Crippen LogP contribution is -2.02. The fourth-order valence-electron chi connectivity index (χ4n) is 1.95. The van der Waals surface area contributed by atoms with Gasteiger partial charge in [-0.1, -0.05) is 29.8 Å². The highest BCUT2D eigenvalue weighted by Crippen LogP contribution is 2.36. The highest BCUT2D eigenvalue weighted by atomic mass is 79.9. The molecule has 0 aliphatic heterocycles. The number of methoxy groups -OCH3 is 1. The van der Waals surface area contributed by atoms with E-state index in [1.54, 1.807) is 19.2 Å². The summed E-state index contributed by atoms with van der Waals surface area (Å²) in [7, 11) is 1.60. The van der Waals surface area contributed by atoms with Gasteiger partial charge in [0.25, 0.3) is 0 Å². The molecule has 0 heterocycles. The Hall–Kier alpha value is -1.39. The summed E-state index contributed by atoms with van der Waals surface area (Å²) in [6.07, 6.45) is 0. The van der Waals surface area contributed by atoms with Gasteiger partial charge in [-0.15, -0.1) is 0 Å². The maximum absolute atomic E-state index is 10.0. The van der Waals surface area contributed by atoms with Crippen molar-refractivity contribution < 1.29 is 9.84 Å². The number of benzene rings is 2. The summed E-state index contributed by atoms with van der Waals surface area (Å²) in [5, 5.41) is 13.8. The third-order valence-corrected chi connectivity index (χ3v) is 3.81. The third kappa shape index (κ3) is 3.19. The van der Waals surface area contributed by atoms with Gasteiger partial charge in [0.15, 0.2) is 5.75 Å². The van der Waals surface area contributed by atoms with Crippen LogP contribution in [-0.4, -0.2) is 12.2 Å². The van der Waals surface area contributed by atoms with E-state index in [-0.39, 0.29) is 0 Å². The van der Waals surface area contributed by atoms with Crippen LogP contribution in [0.2, 0.25) is 5.02 Å². The minimum atomic E-state index is 0.306. The van der Waals surface area contributed by atoms with E-state index < -0.39 is 0 Å². The SMILES string of the molecule is COc1c(Br)cc(Cl)cc1NCc1cccc(C)c1O. The van der Waals surface area contributed by atoms with Crippen LogP contribution in [0.3, 0.4) is 0 Å². The molecule has 5 heteroatoms. The van der Waals surface area contributed by atoms with Crippen LogP contribution in [0.25, 0.3) is 0 Å². The number of halogens is 2. The molecule has 0 radical (unpaired) electrons. The maximum atomic E-state index is 10.0. The molecule has 0 aliphatic carbocycles. The number of para-hydroxylation sites is 1. The summed E-state index contributed by atoms with van der Waals surface area (Å²) in [5.41, 5.74) is 2.44. The van der Waals surface area contributed by atoms with E-state index in [0.29, 0.717) is 23.1 Å². The quantitative estimate of drug-likeness (QED) is 0.831. The number of phenols is 1. The van der Waals surface area contributed by atoms with Crippen molar-refractivity contribution in [3.63, 3.8) is 0 Å². The molecule has 2 N–H and O–H groups in total. The summed E-state index contributed by atoms with van der Waals surface area (Å²) in [6.45, 7) is 2.35. The van der Waals surface area contributed by atoms with Gasteiger partial charge in [0, 0.05) is 17.1 Å². The van der Waals surface area contributed by atoms with Gasteiger partial charge in [0.05, 0.1) is 17.3 Å². The van der Waals surface area contributed by atoms with E-state index in [2.05, 4.69) is 21.2 Å². The molecule has 0 spiro atoms. The van der Waals surface area contributed by atoms with Crippen molar-refractivity contribution in [2.75, 3.05) is 12.4 Å². The molecule has 0 saturated carbocycles. The molecular weight excluding hydrogens is 342 g/mol. The summed E-state index contributed by atoms with van der Waals surface area (Å²) in [5.74, 6) is 0.988. The number of hydrogen-bond donors (Lipinski definition) is 2. The number of aromatic hydroxyl groups is 1. The Morgan fingerprint density at radius 1 is 1.35 bits per heavy atom. The van der Waals surface area contributed by atoms with E-state index in [9.17, 15) is 5.11 Å². The molecule has 0 atom stereocenters. The lowest BCUT2D eigenvalue weighted by Gasteiger charge is -2.14. The van der Waals surface area contributed by atoms with E-state index in [1.165, 1.54) is 0 Å². The van der Waals surface area contributed by atoms with Crippen LogP contribution >= 0.6 is 27.5 Å². The van der Waals surface area contributed by atoms with Crippen molar-refractivity contribution in [1.29, 1.82) is 0 Å². The van der Waals surface area contributed by atoms with Gasteiger partial charge in [-0.3, -0.25) is 0 Å². The number of anilines is 1. The van der Waals surface area contributed by atoms with Gasteiger partial charge < -0.3 is 15.2 Å². The molecule has 106 valence electrons. The van der Waals surface area contributed by atoms with Gasteiger partial charge in [-0.25, -0.2) is 0 Å². The van der Waals surface area contributed by atoms with Gasteiger partial charge in [0.1, 0.15) is 5.75 Å². The Morgan fingerprint density at radius 2 is 2.10 bits per heavy atom. The summed E-state index contributed by atoms with van der Waals surface area (Å²) in [4.78, 5) is 0. The van der Waals surface area contributed by atoms with Crippen LogP contribution in [0, 0.1) is 6.92 Å². The smallest absolute Gasteiger partial charge is 0.156 e. The molecule has 2 aromatic rings. The minimum Gasteiger partial charge on any atom is -0.507 e. The molecule has 0 bridgehead atoms. The lowest BCUT2D eigenvalue weighted by atomic mass is 10.1.